The Morgan fingerprint density at radius 3 is 2.36 bits per heavy atom. The van der Waals surface area contributed by atoms with Gasteiger partial charge >= 0.3 is 0 Å². The van der Waals surface area contributed by atoms with Gasteiger partial charge in [-0.1, -0.05) is 39.0 Å². The normalized spacial score (nSPS) is 12.6. The summed E-state index contributed by atoms with van der Waals surface area (Å²) in [6, 6.07) is 11.8. The van der Waals surface area contributed by atoms with Gasteiger partial charge in [0.2, 0.25) is 0 Å². The van der Waals surface area contributed by atoms with Crippen LogP contribution in [0.2, 0.25) is 0 Å². The second kappa shape index (κ2) is 7.41. The summed E-state index contributed by atoms with van der Waals surface area (Å²) in [5, 5.41) is 2.16. The molecule has 118 valence electrons. The lowest BCUT2D eigenvalue weighted by atomic mass is 9.96. The number of carbonyl (C=O) groups excluding carboxylic acids is 1. The molecular weight excluding hydrogens is 274 g/mol. The molecule has 0 N–H and O–H groups in total. The van der Waals surface area contributed by atoms with Crippen molar-refractivity contribution in [3.63, 3.8) is 0 Å². The van der Waals surface area contributed by atoms with E-state index in [1.165, 1.54) is 0 Å². The van der Waals surface area contributed by atoms with Gasteiger partial charge in [-0.25, -0.2) is 0 Å². The van der Waals surface area contributed by atoms with Crippen LogP contribution in [0.1, 0.15) is 31.1 Å². The molecule has 0 aromatic heterocycles. The number of benzene rings is 2. The van der Waals surface area contributed by atoms with Crippen LogP contribution in [0.4, 0.5) is 0 Å². The number of carbonyl (C=O) groups is 1. The van der Waals surface area contributed by atoms with Crippen molar-refractivity contribution in [3.05, 3.63) is 42.0 Å². The average Bonchev–Trinajstić information content (AvgIpc) is 2.57. The minimum absolute atomic E-state index is 0.00981. The van der Waals surface area contributed by atoms with Crippen molar-refractivity contribution >= 4 is 16.6 Å². The van der Waals surface area contributed by atoms with Crippen molar-refractivity contribution in [2.45, 2.75) is 20.8 Å². The van der Waals surface area contributed by atoms with Crippen molar-refractivity contribution in [2.75, 3.05) is 26.7 Å². The van der Waals surface area contributed by atoms with Gasteiger partial charge in [0.1, 0.15) is 5.75 Å². The van der Waals surface area contributed by atoms with E-state index in [2.05, 4.69) is 18.7 Å². The van der Waals surface area contributed by atoms with Crippen molar-refractivity contribution in [2.24, 2.45) is 5.92 Å². The molecule has 0 aliphatic rings. The first kappa shape index (κ1) is 16.5. The highest BCUT2D eigenvalue weighted by atomic mass is 16.5. The molecule has 0 amide bonds. The third-order valence-electron chi connectivity index (χ3n) is 4.21. The molecule has 3 heteroatoms. The Hall–Kier alpha value is -1.87. The first-order valence-corrected chi connectivity index (χ1v) is 7.93. The van der Waals surface area contributed by atoms with E-state index in [9.17, 15) is 4.79 Å². The molecule has 3 nitrogen and oxygen atoms in total. The van der Waals surface area contributed by atoms with E-state index in [4.69, 9.17) is 4.74 Å². The number of hydrogen-bond donors (Lipinski definition) is 0. The number of fused-ring (bicyclic) bond motifs is 1. The van der Waals surface area contributed by atoms with E-state index in [0.717, 1.165) is 41.7 Å². The third kappa shape index (κ3) is 3.66. The van der Waals surface area contributed by atoms with Gasteiger partial charge in [0.25, 0.3) is 0 Å². The molecule has 2 rings (SSSR count). The van der Waals surface area contributed by atoms with Crippen LogP contribution in [0.3, 0.4) is 0 Å². The summed E-state index contributed by atoms with van der Waals surface area (Å²) < 4.78 is 5.23. The lowest BCUT2D eigenvalue weighted by Crippen LogP contribution is -2.31. The van der Waals surface area contributed by atoms with E-state index in [1.54, 1.807) is 7.11 Å². The fourth-order valence-corrected chi connectivity index (χ4v) is 2.74. The van der Waals surface area contributed by atoms with Gasteiger partial charge < -0.3 is 9.64 Å². The lowest BCUT2D eigenvalue weighted by Gasteiger charge is -2.22. The Morgan fingerprint density at radius 1 is 1.09 bits per heavy atom. The zero-order valence-electron chi connectivity index (χ0n) is 13.9. The molecule has 0 unspecified atom stereocenters. The van der Waals surface area contributed by atoms with Crippen LogP contribution in [0, 0.1) is 5.92 Å². The van der Waals surface area contributed by atoms with Gasteiger partial charge in [-0.15, -0.1) is 0 Å². The van der Waals surface area contributed by atoms with Crippen LogP contribution in [0.25, 0.3) is 10.8 Å². The maximum absolute atomic E-state index is 12.6. The van der Waals surface area contributed by atoms with Gasteiger partial charge in [-0.3, -0.25) is 4.79 Å². The van der Waals surface area contributed by atoms with E-state index < -0.39 is 0 Å². The number of hydrogen-bond acceptors (Lipinski definition) is 3. The standard InChI is InChI=1S/C19H25NO2/c1-5-20(6-2)13-14(3)19(21)17-8-7-16-12-18(22-4)10-9-15(16)11-17/h7-12,14H,5-6,13H2,1-4H3/t14-/m0/s1. The summed E-state index contributed by atoms with van der Waals surface area (Å²) >= 11 is 0. The van der Waals surface area contributed by atoms with Gasteiger partial charge in [-0.2, -0.15) is 0 Å². The number of rotatable bonds is 7. The number of Topliss-reactive ketones (excluding diaryl/α,β-unsaturated/α-hetero) is 1. The summed E-state index contributed by atoms with van der Waals surface area (Å²) in [6.45, 7) is 9.04. The van der Waals surface area contributed by atoms with Crippen LogP contribution < -0.4 is 4.74 Å². The zero-order valence-corrected chi connectivity index (χ0v) is 13.9. The molecule has 0 fully saturated rings. The Bertz CT molecular complexity index is 647. The highest BCUT2D eigenvalue weighted by Gasteiger charge is 2.17. The minimum atomic E-state index is 0.00981. The predicted octanol–water partition coefficient (Wildman–Crippen LogP) is 4.01. The average molecular weight is 299 g/mol. The molecule has 0 bridgehead atoms. The molecule has 2 aromatic rings. The molecule has 0 spiro atoms. The van der Waals surface area contributed by atoms with Crippen molar-refractivity contribution < 1.29 is 9.53 Å². The number of methoxy groups -OCH3 is 1. The highest BCUT2D eigenvalue weighted by molar-refractivity contribution is 6.01. The van der Waals surface area contributed by atoms with Crippen LogP contribution >= 0.6 is 0 Å². The summed E-state index contributed by atoms with van der Waals surface area (Å²) in [7, 11) is 1.66. The molecule has 0 saturated heterocycles. The lowest BCUT2D eigenvalue weighted by molar-refractivity contribution is 0.0898. The highest BCUT2D eigenvalue weighted by Crippen LogP contribution is 2.23. The maximum atomic E-state index is 12.6. The van der Waals surface area contributed by atoms with E-state index in [0.29, 0.717) is 0 Å². The topological polar surface area (TPSA) is 29.5 Å². The Morgan fingerprint density at radius 2 is 1.73 bits per heavy atom. The predicted molar refractivity (Wildman–Crippen MR) is 91.8 cm³/mol. The monoisotopic (exact) mass is 299 g/mol. The second-order valence-electron chi connectivity index (χ2n) is 5.68. The van der Waals surface area contributed by atoms with Crippen LogP contribution in [0.5, 0.6) is 5.75 Å². The van der Waals surface area contributed by atoms with Gasteiger partial charge in [0.15, 0.2) is 5.78 Å². The fourth-order valence-electron chi connectivity index (χ4n) is 2.74. The smallest absolute Gasteiger partial charge is 0.166 e. The molecule has 0 saturated carbocycles. The molecule has 22 heavy (non-hydrogen) atoms. The van der Waals surface area contributed by atoms with Gasteiger partial charge in [0.05, 0.1) is 7.11 Å². The zero-order chi connectivity index (χ0) is 16.1. The second-order valence-corrected chi connectivity index (χ2v) is 5.68. The Balaban J connectivity index is 2.21. The van der Waals surface area contributed by atoms with E-state index in [1.807, 2.05) is 43.3 Å². The molecule has 2 aromatic carbocycles. The van der Waals surface area contributed by atoms with Crippen LogP contribution in [0.15, 0.2) is 36.4 Å². The first-order chi connectivity index (χ1) is 10.6. The fraction of sp³-hybridized carbons (Fsp3) is 0.421. The molecule has 0 radical (unpaired) electrons. The van der Waals surface area contributed by atoms with Gasteiger partial charge in [-0.05, 0) is 42.1 Å². The summed E-state index contributed by atoms with van der Waals surface area (Å²) in [6.07, 6.45) is 0. The maximum Gasteiger partial charge on any atom is 0.166 e. The molecule has 1 atom stereocenters. The SMILES string of the molecule is CCN(CC)C[C@H](C)C(=O)c1ccc2cc(OC)ccc2c1. The van der Waals surface area contributed by atoms with Crippen molar-refractivity contribution in [1.29, 1.82) is 0 Å². The van der Waals surface area contributed by atoms with Crippen molar-refractivity contribution in [3.8, 4) is 5.75 Å². The molecule has 0 heterocycles. The number of ether oxygens (including phenoxy) is 1. The van der Waals surface area contributed by atoms with Crippen LogP contribution in [-0.4, -0.2) is 37.4 Å². The van der Waals surface area contributed by atoms with Gasteiger partial charge in [0, 0.05) is 18.0 Å². The molecular formula is C19H25NO2. The number of nitrogens with zero attached hydrogens (tertiary/aromatic N) is 1. The summed E-state index contributed by atoms with van der Waals surface area (Å²) in [5.41, 5.74) is 0.789. The molecule has 0 aliphatic heterocycles. The first-order valence-electron chi connectivity index (χ1n) is 7.93. The summed E-state index contributed by atoms with van der Waals surface area (Å²) in [5.74, 6) is 1.06. The largest absolute Gasteiger partial charge is 0.497 e. The van der Waals surface area contributed by atoms with E-state index >= 15 is 0 Å². The Labute approximate surface area is 132 Å². The third-order valence-corrected chi connectivity index (χ3v) is 4.21. The van der Waals surface area contributed by atoms with Crippen molar-refractivity contribution in [1.82, 2.24) is 4.90 Å². The summed E-state index contributed by atoms with van der Waals surface area (Å²) in [4.78, 5) is 14.9. The van der Waals surface area contributed by atoms with E-state index in [-0.39, 0.29) is 11.7 Å². The Kier molecular flexibility index (Phi) is 5.56. The quantitative estimate of drug-likeness (QED) is 0.724. The number of ketones is 1. The van der Waals surface area contributed by atoms with Crippen LogP contribution in [-0.2, 0) is 0 Å². The molecule has 0 aliphatic carbocycles. The minimum Gasteiger partial charge on any atom is -0.497 e.